The van der Waals surface area contributed by atoms with Crippen molar-refractivity contribution in [3.05, 3.63) is 52.8 Å². The monoisotopic (exact) mass is 236 g/mol. The molecule has 3 heteroatoms. The molecule has 2 aromatic rings. The van der Waals surface area contributed by atoms with Gasteiger partial charge in [0, 0.05) is 5.02 Å². The van der Waals surface area contributed by atoms with Gasteiger partial charge in [0.15, 0.2) is 11.6 Å². The van der Waals surface area contributed by atoms with E-state index in [0.29, 0.717) is 5.02 Å². The molecule has 0 saturated heterocycles. The zero-order valence-electron chi connectivity index (χ0n) is 8.67. The van der Waals surface area contributed by atoms with Crippen LogP contribution in [0.4, 0.5) is 4.39 Å². The van der Waals surface area contributed by atoms with Gasteiger partial charge in [-0.3, -0.25) is 0 Å². The van der Waals surface area contributed by atoms with Crippen LogP contribution in [0.5, 0.6) is 5.75 Å². The Bertz CT molecular complexity index is 537. The summed E-state index contributed by atoms with van der Waals surface area (Å²) < 4.78 is 12.9. The highest BCUT2D eigenvalue weighted by molar-refractivity contribution is 6.30. The maximum Gasteiger partial charge on any atom is 0.164 e. The van der Waals surface area contributed by atoms with Crippen LogP contribution in [0.2, 0.25) is 5.02 Å². The van der Waals surface area contributed by atoms with Crippen molar-refractivity contribution >= 4 is 11.6 Å². The van der Waals surface area contributed by atoms with E-state index in [0.717, 1.165) is 16.7 Å². The fourth-order valence-corrected chi connectivity index (χ4v) is 1.86. The van der Waals surface area contributed by atoms with E-state index >= 15 is 0 Å². The number of phenols is 1. The molecule has 0 bridgehead atoms. The number of aromatic hydroxyl groups is 1. The Labute approximate surface area is 98.1 Å². The Kier molecular flexibility index (Phi) is 2.84. The fraction of sp³-hybridized carbons (Fsp3) is 0.0769. The van der Waals surface area contributed by atoms with Crippen LogP contribution >= 0.6 is 11.6 Å². The molecule has 1 nitrogen and oxygen atoms in total. The molecule has 0 aromatic heterocycles. The minimum atomic E-state index is -0.615. The van der Waals surface area contributed by atoms with E-state index in [1.165, 1.54) is 12.1 Å². The topological polar surface area (TPSA) is 20.2 Å². The summed E-state index contributed by atoms with van der Waals surface area (Å²) in [5.41, 5.74) is 2.69. The van der Waals surface area contributed by atoms with Crippen LogP contribution in [0.3, 0.4) is 0 Å². The predicted molar refractivity (Wildman–Crippen MR) is 63.2 cm³/mol. The molecule has 0 fully saturated rings. The van der Waals surface area contributed by atoms with E-state index in [2.05, 4.69) is 0 Å². The number of hydrogen-bond donors (Lipinski definition) is 1. The SMILES string of the molecule is Cc1cc(Cl)ccc1-c1ccc(F)c(O)c1. The summed E-state index contributed by atoms with van der Waals surface area (Å²) in [7, 11) is 0. The molecular formula is C13H10ClFO. The van der Waals surface area contributed by atoms with Crippen molar-refractivity contribution in [2.45, 2.75) is 6.92 Å². The minimum absolute atomic E-state index is 0.341. The lowest BCUT2D eigenvalue weighted by molar-refractivity contribution is 0.433. The van der Waals surface area contributed by atoms with Gasteiger partial charge >= 0.3 is 0 Å². The number of halogens is 2. The molecule has 82 valence electrons. The van der Waals surface area contributed by atoms with Gasteiger partial charge < -0.3 is 5.11 Å². The van der Waals surface area contributed by atoms with Gasteiger partial charge in [0.25, 0.3) is 0 Å². The molecule has 0 heterocycles. The van der Waals surface area contributed by atoms with Gasteiger partial charge in [0.05, 0.1) is 0 Å². The van der Waals surface area contributed by atoms with Gasteiger partial charge in [-0.25, -0.2) is 4.39 Å². The standard InChI is InChI=1S/C13H10ClFO/c1-8-6-10(14)3-4-11(8)9-2-5-12(15)13(16)7-9/h2-7,16H,1H3. The average Bonchev–Trinajstić information content (AvgIpc) is 2.22. The number of benzene rings is 2. The lowest BCUT2D eigenvalue weighted by Crippen LogP contribution is -1.84. The summed E-state index contributed by atoms with van der Waals surface area (Å²) in [6, 6.07) is 9.74. The van der Waals surface area contributed by atoms with E-state index in [1.54, 1.807) is 12.1 Å². The zero-order chi connectivity index (χ0) is 11.7. The summed E-state index contributed by atoms with van der Waals surface area (Å²) >= 11 is 5.85. The second-order valence-electron chi connectivity index (χ2n) is 3.63. The molecule has 0 unspecified atom stereocenters. The van der Waals surface area contributed by atoms with Crippen molar-refractivity contribution in [2.24, 2.45) is 0 Å². The molecule has 2 aromatic carbocycles. The highest BCUT2D eigenvalue weighted by Crippen LogP contribution is 2.29. The largest absolute Gasteiger partial charge is 0.505 e. The third-order valence-electron chi connectivity index (χ3n) is 2.45. The maximum atomic E-state index is 12.9. The van der Waals surface area contributed by atoms with Crippen LogP contribution in [-0.4, -0.2) is 5.11 Å². The Balaban J connectivity index is 2.54. The van der Waals surface area contributed by atoms with Crippen LogP contribution in [0.15, 0.2) is 36.4 Å². The van der Waals surface area contributed by atoms with E-state index in [4.69, 9.17) is 11.6 Å². The summed E-state index contributed by atoms with van der Waals surface area (Å²) in [5, 5.41) is 9.97. The Hall–Kier alpha value is -1.54. The number of aryl methyl sites for hydroxylation is 1. The highest BCUT2D eigenvalue weighted by Gasteiger charge is 2.06. The first-order valence-corrected chi connectivity index (χ1v) is 5.21. The minimum Gasteiger partial charge on any atom is -0.505 e. The third-order valence-corrected chi connectivity index (χ3v) is 2.68. The third kappa shape index (κ3) is 2.02. The van der Waals surface area contributed by atoms with Crippen molar-refractivity contribution < 1.29 is 9.50 Å². The van der Waals surface area contributed by atoms with Gasteiger partial charge in [-0.05, 0) is 47.9 Å². The summed E-state index contributed by atoms with van der Waals surface area (Å²) in [4.78, 5) is 0. The van der Waals surface area contributed by atoms with Crippen LogP contribution in [0, 0.1) is 12.7 Å². The molecular weight excluding hydrogens is 227 g/mol. The first-order chi connectivity index (χ1) is 7.58. The van der Waals surface area contributed by atoms with Crippen molar-refractivity contribution in [3.8, 4) is 16.9 Å². The number of hydrogen-bond acceptors (Lipinski definition) is 1. The molecule has 0 atom stereocenters. The molecule has 0 aliphatic heterocycles. The average molecular weight is 237 g/mol. The summed E-state index contributed by atoms with van der Waals surface area (Å²) in [5.74, 6) is -0.956. The van der Waals surface area contributed by atoms with Crippen LogP contribution in [0.25, 0.3) is 11.1 Å². The van der Waals surface area contributed by atoms with Gasteiger partial charge in [0.1, 0.15) is 0 Å². The lowest BCUT2D eigenvalue weighted by Gasteiger charge is -2.07. The van der Waals surface area contributed by atoms with Gasteiger partial charge in [-0.1, -0.05) is 23.7 Å². The quantitative estimate of drug-likeness (QED) is 0.788. The molecule has 0 amide bonds. The van der Waals surface area contributed by atoms with E-state index in [1.807, 2.05) is 19.1 Å². The van der Waals surface area contributed by atoms with E-state index < -0.39 is 5.82 Å². The lowest BCUT2D eigenvalue weighted by atomic mass is 10.0. The maximum absolute atomic E-state index is 12.9. The summed E-state index contributed by atoms with van der Waals surface area (Å²) in [6.45, 7) is 1.92. The Morgan fingerprint density at radius 2 is 1.88 bits per heavy atom. The predicted octanol–water partition coefficient (Wildman–Crippen LogP) is 4.16. The van der Waals surface area contributed by atoms with Crippen LogP contribution < -0.4 is 0 Å². The van der Waals surface area contributed by atoms with Gasteiger partial charge in [-0.2, -0.15) is 0 Å². The second-order valence-corrected chi connectivity index (χ2v) is 4.06. The van der Waals surface area contributed by atoms with E-state index in [-0.39, 0.29) is 5.75 Å². The van der Waals surface area contributed by atoms with Crippen molar-refractivity contribution in [2.75, 3.05) is 0 Å². The molecule has 16 heavy (non-hydrogen) atoms. The number of rotatable bonds is 1. The molecule has 0 aliphatic carbocycles. The van der Waals surface area contributed by atoms with Crippen LogP contribution in [-0.2, 0) is 0 Å². The molecule has 0 saturated carbocycles. The first-order valence-electron chi connectivity index (χ1n) is 4.83. The summed E-state index contributed by atoms with van der Waals surface area (Å²) in [6.07, 6.45) is 0. The molecule has 0 spiro atoms. The van der Waals surface area contributed by atoms with E-state index in [9.17, 15) is 9.50 Å². The van der Waals surface area contributed by atoms with Crippen molar-refractivity contribution in [1.82, 2.24) is 0 Å². The number of phenolic OH excluding ortho intramolecular Hbond substituents is 1. The van der Waals surface area contributed by atoms with Crippen molar-refractivity contribution in [1.29, 1.82) is 0 Å². The van der Waals surface area contributed by atoms with Crippen molar-refractivity contribution in [3.63, 3.8) is 0 Å². The normalized spacial score (nSPS) is 10.4. The van der Waals surface area contributed by atoms with Crippen LogP contribution in [0.1, 0.15) is 5.56 Å². The first kappa shape index (κ1) is 11.0. The smallest absolute Gasteiger partial charge is 0.164 e. The molecule has 0 radical (unpaired) electrons. The van der Waals surface area contributed by atoms with Gasteiger partial charge in [0.2, 0.25) is 0 Å². The zero-order valence-corrected chi connectivity index (χ0v) is 9.42. The van der Waals surface area contributed by atoms with Gasteiger partial charge in [-0.15, -0.1) is 0 Å². The molecule has 1 N–H and O–H groups in total. The fourth-order valence-electron chi connectivity index (χ4n) is 1.63. The molecule has 0 aliphatic rings. The second kappa shape index (κ2) is 4.14. The Morgan fingerprint density at radius 1 is 1.12 bits per heavy atom. The Morgan fingerprint density at radius 3 is 2.50 bits per heavy atom. The molecule has 2 rings (SSSR count). The highest BCUT2D eigenvalue weighted by atomic mass is 35.5.